The molecule has 4 nitrogen and oxygen atoms in total. The van der Waals surface area contributed by atoms with Crippen LogP contribution in [0.15, 0.2) is 48.5 Å². The maximum atomic E-state index is 11.7. The van der Waals surface area contributed by atoms with E-state index in [1.54, 1.807) is 0 Å². The van der Waals surface area contributed by atoms with Crippen LogP contribution in [0, 0.1) is 13.8 Å². The van der Waals surface area contributed by atoms with Crippen molar-refractivity contribution in [2.24, 2.45) is 0 Å². The summed E-state index contributed by atoms with van der Waals surface area (Å²) < 4.78 is 0. The van der Waals surface area contributed by atoms with Crippen molar-refractivity contribution < 1.29 is 4.79 Å². The van der Waals surface area contributed by atoms with Gasteiger partial charge in [-0.3, -0.25) is 9.69 Å². The van der Waals surface area contributed by atoms with Gasteiger partial charge in [0.2, 0.25) is 5.91 Å². The third-order valence-electron chi connectivity index (χ3n) is 4.85. The molecule has 1 N–H and O–H groups in total. The van der Waals surface area contributed by atoms with E-state index < -0.39 is 0 Å². The molecule has 1 saturated heterocycles. The van der Waals surface area contributed by atoms with E-state index in [-0.39, 0.29) is 5.91 Å². The number of amides is 1. The molecular weight excluding hydrogens is 322 g/mol. The Morgan fingerprint density at radius 3 is 2.73 bits per heavy atom. The molecule has 3 aromatic rings. The van der Waals surface area contributed by atoms with E-state index in [2.05, 4.69) is 72.6 Å². The summed E-state index contributed by atoms with van der Waals surface area (Å²) >= 11 is 0. The number of nitrogens with one attached hydrogen (secondary N) is 1. The highest BCUT2D eigenvalue weighted by atomic mass is 16.2. The van der Waals surface area contributed by atoms with Crippen LogP contribution in [0.4, 0.5) is 0 Å². The SMILES string of the molecule is Cc1cccc(-c2nc3cc(C)ccc3cc2CN2CCNC(=O)C2)c1. The van der Waals surface area contributed by atoms with Crippen LogP contribution in [0.2, 0.25) is 0 Å². The van der Waals surface area contributed by atoms with E-state index >= 15 is 0 Å². The Balaban J connectivity index is 1.81. The van der Waals surface area contributed by atoms with Crippen LogP contribution in [-0.4, -0.2) is 35.4 Å². The molecule has 2 heterocycles. The summed E-state index contributed by atoms with van der Waals surface area (Å²) in [6.45, 7) is 6.94. The van der Waals surface area contributed by atoms with Crippen molar-refractivity contribution in [3.8, 4) is 11.3 Å². The largest absolute Gasteiger partial charge is 0.354 e. The number of aromatic nitrogens is 1. The number of carbonyl (C=O) groups excluding carboxylic acids is 1. The highest BCUT2D eigenvalue weighted by Gasteiger charge is 2.19. The molecule has 26 heavy (non-hydrogen) atoms. The van der Waals surface area contributed by atoms with Gasteiger partial charge >= 0.3 is 0 Å². The van der Waals surface area contributed by atoms with Crippen molar-refractivity contribution in [2.75, 3.05) is 19.6 Å². The Bertz CT molecular complexity index is 980. The minimum atomic E-state index is 0.0951. The number of fused-ring (bicyclic) bond motifs is 1. The molecular formula is C22H23N3O. The molecule has 1 aromatic heterocycles. The molecule has 1 fully saturated rings. The van der Waals surface area contributed by atoms with Crippen LogP contribution in [0.1, 0.15) is 16.7 Å². The summed E-state index contributed by atoms with van der Waals surface area (Å²) in [5.74, 6) is 0.0951. The van der Waals surface area contributed by atoms with Gasteiger partial charge in [-0.1, -0.05) is 35.9 Å². The third-order valence-corrected chi connectivity index (χ3v) is 4.85. The fraction of sp³-hybridized carbons (Fsp3) is 0.273. The first-order valence-corrected chi connectivity index (χ1v) is 9.05. The number of nitrogens with zero attached hydrogens (tertiary/aromatic N) is 2. The lowest BCUT2D eigenvalue weighted by Gasteiger charge is -2.27. The molecule has 1 aliphatic rings. The third kappa shape index (κ3) is 3.46. The summed E-state index contributed by atoms with van der Waals surface area (Å²) in [6.07, 6.45) is 0. The summed E-state index contributed by atoms with van der Waals surface area (Å²) in [7, 11) is 0. The van der Waals surface area contributed by atoms with Gasteiger partial charge in [-0.2, -0.15) is 0 Å². The van der Waals surface area contributed by atoms with Gasteiger partial charge in [0, 0.05) is 30.6 Å². The van der Waals surface area contributed by atoms with Gasteiger partial charge in [-0.15, -0.1) is 0 Å². The van der Waals surface area contributed by atoms with E-state index in [1.165, 1.54) is 16.7 Å². The summed E-state index contributed by atoms with van der Waals surface area (Å²) in [5, 5.41) is 4.03. The first-order valence-electron chi connectivity index (χ1n) is 9.05. The fourth-order valence-corrected chi connectivity index (χ4v) is 3.55. The maximum absolute atomic E-state index is 11.7. The fourth-order valence-electron chi connectivity index (χ4n) is 3.55. The van der Waals surface area contributed by atoms with Crippen LogP contribution in [-0.2, 0) is 11.3 Å². The number of aryl methyl sites for hydroxylation is 2. The number of rotatable bonds is 3. The van der Waals surface area contributed by atoms with Crippen LogP contribution in [0.3, 0.4) is 0 Å². The molecule has 0 saturated carbocycles. The topological polar surface area (TPSA) is 45.2 Å². The molecule has 0 atom stereocenters. The minimum Gasteiger partial charge on any atom is -0.354 e. The highest BCUT2D eigenvalue weighted by molar-refractivity contribution is 5.84. The van der Waals surface area contributed by atoms with Crippen LogP contribution in [0.25, 0.3) is 22.2 Å². The molecule has 0 bridgehead atoms. The Morgan fingerprint density at radius 1 is 1.08 bits per heavy atom. The molecule has 132 valence electrons. The predicted molar refractivity (Wildman–Crippen MR) is 105 cm³/mol. The number of hydrogen-bond acceptors (Lipinski definition) is 3. The van der Waals surface area contributed by atoms with Gasteiger partial charge in [0.1, 0.15) is 0 Å². The zero-order valence-electron chi connectivity index (χ0n) is 15.2. The normalized spacial score (nSPS) is 15.2. The van der Waals surface area contributed by atoms with Crippen molar-refractivity contribution in [2.45, 2.75) is 20.4 Å². The quantitative estimate of drug-likeness (QED) is 0.791. The average Bonchev–Trinajstić information content (AvgIpc) is 2.61. The van der Waals surface area contributed by atoms with Crippen LogP contribution >= 0.6 is 0 Å². The van der Waals surface area contributed by atoms with Gasteiger partial charge in [0.15, 0.2) is 0 Å². The van der Waals surface area contributed by atoms with Crippen molar-refractivity contribution >= 4 is 16.8 Å². The lowest BCUT2D eigenvalue weighted by atomic mass is 10.0. The maximum Gasteiger partial charge on any atom is 0.234 e. The van der Waals surface area contributed by atoms with Gasteiger partial charge in [0.05, 0.1) is 17.8 Å². The zero-order chi connectivity index (χ0) is 18.1. The lowest BCUT2D eigenvalue weighted by Crippen LogP contribution is -2.47. The second-order valence-corrected chi connectivity index (χ2v) is 7.12. The molecule has 0 radical (unpaired) electrons. The van der Waals surface area contributed by atoms with E-state index in [9.17, 15) is 4.79 Å². The smallest absolute Gasteiger partial charge is 0.234 e. The number of hydrogen-bond donors (Lipinski definition) is 1. The standard InChI is InChI=1S/C22H23N3O/c1-15-4-3-5-18(10-15)22-19(13-25-9-8-23-21(26)14-25)12-17-7-6-16(2)11-20(17)24-22/h3-7,10-12H,8-9,13-14H2,1-2H3,(H,23,26). The first-order chi connectivity index (χ1) is 12.6. The van der Waals surface area contributed by atoms with Crippen molar-refractivity contribution in [1.29, 1.82) is 0 Å². The number of pyridine rings is 1. The number of carbonyl (C=O) groups is 1. The second kappa shape index (κ2) is 6.89. The predicted octanol–water partition coefficient (Wildman–Crippen LogP) is 3.45. The van der Waals surface area contributed by atoms with E-state index in [4.69, 9.17) is 4.98 Å². The van der Waals surface area contributed by atoms with Gasteiger partial charge in [0.25, 0.3) is 0 Å². The monoisotopic (exact) mass is 345 g/mol. The van der Waals surface area contributed by atoms with Crippen LogP contribution < -0.4 is 5.32 Å². The Labute approximate surface area is 153 Å². The van der Waals surface area contributed by atoms with E-state index in [0.29, 0.717) is 13.1 Å². The molecule has 4 heteroatoms. The Morgan fingerprint density at radius 2 is 1.92 bits per heavy atom. The van der Waals surface area contributed by atoms with E-state index in [0.717, 1.165) is 35.2 Å². The molecule has 1 amide bonds. The van der Waals surface area contributed by atoms with Crippen molar-refractivity contribution in [3.63, 3.8) is 0 Å². The lowest BCUT2D eigenvalue weighted by molar-refractivity contribution is -0.124. The van der Waals surface area contributed by atoms with Crippen molar-refractivity contribution in [3.05, 3.63) is 65.2 Å². The summed E-state index contributed by atoms with van der Waals surface area (Å²) in [5.41, 5.74) is 6.75. The van der Waals surface area contributed by atoms with Crippen LogP contribution in [0.5, 0.6) is 0 Å². The number of benzene rings is 2. The molecule has 0 aliphatic carbocycles. The molecule has 0 spiro atoms. The zero-order valence-corrected chi connectivity index (χ0v) is 15.2. The molecule has 0 unspecified atom stereocenters. The average molecular weight is 345 g/mol. The second-order valence-electron chi connectivity index (χ2n) is 7.12. The van der Waals surface area contributed by atoms with Crippen molar-refractivity contribution in [1.82, 2.24) is 15.2 Å². The van der Waals surface area contributed by atoms with Gasteiger partial charge in [-0.25, -0.2) is 4.98 Å². The molecule has 4 rings (SSSR count). The Hall–Kier alpha value is -2.72. The molecule has 2 aromatic carbocycles. The van der Waals surface area contributed by atoms with Gasteiger partial charge < -0.3 is 5.32 Å². The highest BCUT2D eigenvalue weighted by Crippen LogP contribution is 2.28. The van der Waals surface area contributed by atoms with Gasteiger partial charge in [-0.05, 0) is 43.2 Å². The number of piperazine rings is 1. The Kier molecular flexibility index (Phi) is 4.43. The summed E-state index contributed by atoms with van der Waals surface area (Å²) in [4.78, 5) is 18.9. The summed E-state index contributed by atoms with van der Waals surface area (Å²) in [6, 6.07) is 17.1. The minimum absolute atomic E-state index is 0.0951. The molecule has 1 aliphatic heterocycles. The first kappa shape index (κ1) is 16.7. The van der Waals surface area contributed by atoms with E-state index in [1.807, 2.05) is 0 Å².